The minimum atomic E-state index is -0.129. The molecule has 0 fully saturated rings. The van der Waals surface area contributed by atoms with Crippen LogP contribution in [-0.4, -0.2) is 41.3 Å². The summed E-state index contributed by atoms with van der Waals surface area (Å²) in [5, 5.41) is 14.7. The Morgan fingerprint density at radius 1 is 1.22 bits per heavy atom. The lowest BCUT2D eigenvalue weighted by atomic mass is 10.1. The highest BCUT2D eigenvalue weighted by molar-refractivity contribution is 7.99. The summed E-state index contributed by atoms with van der Waals surface area (Å²) in [5.74, 6) is 0.0858. The van der Waals surface area contributed by atoms with Crippen LogP contribution in [0.4, 0.5) is 5.69 Å². The summed E-state index contributed by atoms with van der Waals surface area (Å²) in [6.45, 7) is 2.03. The van der Waals surface area contributed by atoms with Gasteiger partial charge in [-0.05, 0) is 35.0 Å². The Hall–Kier alpha value is -3.20. The minimum absolute atomic E-state index is 0.129. The molecule has 3 heterocycles. The lowest BCUT2D eigenvalue weighted by molar-refractivity contribution is -0.113. The number of aryl methyl sites for hydroxylation is 2. The van der Waals surface area contributed by atoms with E-state index >= 15 is 0 Å². The van der Waals surface area contributed by atoms with Crippen molar-refractivity contribution in [3.8, 4) is 11.3 Å². The van der Waals surface area contributed by atoms with Gasteiger partial charge in [-0.15, -0.1) is 5.10 Å². The monoisotopic (exact) mass is 379 g/mol. The number of nitrogens with zero attached hydrogens (tertiary/aromatic N) is 6. The van der Waals surface area contributed by atoms with E-state index < -0.39 is 0 Å². The molecule has 0 bridgehead atoms. The van der Waals surface area contributed by atoms with Gasteiger partial charge < -0.3 is 9.72 Å². The predicted octanol–water partition coefficient (Wildman–Crippen LogP) is 2.56. The fourth-order valence-electron chi connectivity index (χ4n) is 2.76. The van der Waals surface area contributed by atoms with Crippen LogP contribution in [0, 0.1) is 6.92 Å². The standard InChI is InChI=1S/C18H17N7OS/c1-12-6-5-9-25-10-15(20-17(12)25)13-7-3-4-8-14(13)19-16(26)11-27-18-21-22-23-24(18)2/h3-10H,11H2,1-2H3,(H,19,26). The van der Waals surface area contributed by atoms with E-state index in [0.29, 0.717) is 5.16 Å². The van der Waals surface area contributed by atoms with Gasteiger partial charge in [-0.3, -0.25) is 4.79 Å². The van der Waals surface area contributed by atoms with Crippen LogP contribution in [-0.2, 0) is 11.8 Å². The molecule has 0 aliphatic carbocycles. The molecular formula is C18H17N7OS. The zero-order chi connectivity index (χ0) is 18.8. The molecule has 1 N–H and O–H groups in total. The molecule has 0 aliphatic rings. The van der Waals surface area contributed by atoms with Gasteiger partial charge in [-0.25, -0.2) is 9.67 Å². The normalized spacial score (nSPS) is 11.0. The van der Waals surface area contributed by atoms with Gasteiger partial charge in [-0.2, -0.15) is 0 Å². The summed E-state index contributed by atoms with van der Waals surface area (Å²) < 4.78 is 3.52. The fraction of sp³-hybridized carbons (Fsp3) is 0.167. The third-order valence-corrected chi connectivity index (χ3v) is 5.08. The maximum absolute atomic E-state index is 12.4. The van der Waals surface area contributed by atoms with E-state index in [1.54, 1.807) is 7.05 Å². The van der Waals surface area contributed by atoms with Crippen molar-refractivity contribution in [2.75, 3.05) is 11.1 Å². The smallest absolute Gasteiger partial charge is 0.234 e. The van der Waals surface area contributed by atoms with E-state index in [0.717, 1.165) is 28.2 Å². The Morgan fingerprint density at radius 3 is 2.85 bits per heavy atom. The Balaban J connectivity index is 1.56. The number of carbonyl (C=O) groups excluding carboxylic acids is 1. The minimum Gasteiger partial charge on any atom is -0.325 e. The third kappa shape index (κ3) is 3.54. The lowest BCUT2D eigenvalue weighted by Gasteiger charge is -2.09. The number of hydrogen-bond acceptors (Lipinski definition) is 6. The number of imidazole rings is 1. The highest BCUT2D eigenvalue weighted by Gasteiger charge is 2.13. The maximum Gasteiger partial charge on any atom is 0.234 e. The SMILES string of the molecule is Cc1cccn2cc(-c3ccccc3NC(=O)CSc3nnnn3C)nc12. The van der Waals surface area contributed by atoms with Gasteiger partial charge in [-0.1, -0.05) is 36.0 Å². The van der Waals surface area contributed by atoms with Crippen LogP contribution in [0.5, 0.6) is 0 Å². The average Bonchev–Trinajstić information content (AvgIpc) is 3.27. The maximum atomic E-state index is 12.4. The summed E-state index contributed by atoms with van der Waals surface area (Å²) in [4.78, 5) is 17.1. The number of rotatable bonds is 5. The van der Waals surface area contributed by atoms with Crippen molar-refractivity contribution in [3.05, 3.63) is 54.4 Å². The first-order valence-corrected chi connectivity index (χ1v) is 9.29. The molecule has 0 radical (unpaired) electrons. The van der Waals surface area contributed by atoms with E-state index in [1.165, 1.54) is 16.4 Å². The number of benzene rings is 1. The van der Waals surface area contributed by atoms with E-state index in [1.807, 2.05) is 60.1 Å². The molecule has 0 saturated heterocycles. The number of tetrazole rings is 1. The number of para-hydroxylation sites is 1. The second kappa shape index (κ2) is 7.20. The van der Waals surface area contributed by atoms with Gasteiger partial charge in [0.05, 0.1) is 17.1 Å². The number of pyridine rings is 1. The summed E-state index contributed by atoms with van der Waals surface area (Å²) in [5.41, 5.74) is 4.41. The number of thioether (sulfide) groups is 1. The number of fused-ring (bicyclic) bond motifs is 1. The molecule has 3 aromatic heterocycles. The number of amides is 1. The number of hydrogen-bond donors (Lipinski definition) is 1. The van der Waals surface area contributed by atoms with E-state index in [9.17, 15) is 4.79 Å². The van der Waals surface area contributed by atoms with Crippen molar-refractivity contribution in [2.24, 2.45) is 7.05 Å². The summed E-state index contributed by atoms with van der Waals surface area (Å²) >= 11 is 1.28. The Morgan fingerprint density at radius 2 is 2.07 bits per heavy atom. The van der Waals surface area contributed by atoms with Gasteiger partial charge in [0.25, 0.3) is 0 Å². The van der Waals surface area contributed by atoms with Crippen molar-refractivity contribution >= 4 is 29.0 Å². The van der Waals surface area contributed by atoms with Gasteiger partial charge in [0.2, 0.25) is 11.1 Å². The van der Waals surface area contributed by atoms with Gasteiger partial charge in [0.1, 0.15) is 5.65 Å². The third-order valence-electron chi connectivity index (χ3n) is 4.07. The second-order valence-corrected chi connectivity index (χ2v) is 6.96. The summed E-state index contributed by atoms with van der Waals surface area (Å²) in [6, 6.07) is 11.7. The molecule has 4 aromatic rings. The Labute approximate surface area is 159 Å². The number of aromatic nitrogens is 6. The van der Waals surface area contributed by atoms with Crippen LogP contribution in [0.3, 0.4) is 0 Å². The molecular weight excluding hydrogens is 362 g/mol. The number of anilines is 1. The molecule has 136 valence electrons. The van der Waals surface area contributed by atoms with Crippen LogP contribution in [0.1, 0.15) is 5.56 Å². The number of carbonyl (C=O) groups is 1. The van der Waals surface area contributed by atoms with Crippen molar-refractivity contribution < 1.29 is 4.79 Å². The van der Waals surface area contributed by atoms with Crippen LogP contribution >= 0.6 is 11.8 Å². The molecule has 1 amide bonds. The first-order valence-electron chi connectivity index (χ1n) is 8.30. The van der Waals surface area contributed by atoms with E-state index in [4.69, 9.17) is 4.98 Å². The topological polar surface area (TPSA) is 90.0 Å². The number of nitrogens with one attached hydrogen (secondary N) is 1. The van der Waals surface area contributed by atoms with Crippen molar-refractivity contribution in [3.63, 3.8) is 0 Å². The van der Waals surface area contributed by atoms with E-state index in [-0.39, 0.29) is 11.7 Å². The van der Waals surface area contributed by atoms with Crippen LogP contribution in [0.25, 0.3) is 16.9 Å². The first kappa shape index (κ1) is 17.2. The molecule has 9 heteroatoms. The highest BCUT2D eigenvalue weighted by atomic mass is 32.2. The molecule has 0 saturated carbocycles. The molecule has 1 aromatic carbocycles. The van der Waals surface area contributed by atoms with Crippen LogP contribution in [0.2, 0.25) is 0 Å². The summed E-state index contributed by atoms with van der Waals surface area (Å²) in [6.07, 6.45) is 3.93. The van der Waals surface area contributed by atoms with Crippen molar-refractivity contribution in [1.82, 2.24) is 29.6 Å². The van der Waals surface area contributed by atoms with Gasteiger partial charge in [0.15, 0.2) is 0 Å². The quantitative estimate of drug-likeness (QED) is 0.536. The molecule has 8 nitrogen and oxygen atoms in total. The van der Waals surface area contributed by atoms with Crippen LogP contribution < -0.4 is 5.32 Å². The molecule has 4 rings (SSSR count). The average molecular weight is 379 g/mol. The Kier molecular flexibility index (Phi) is 4.59. The molecule has 0 aliphatic heterocycles. The van der Waals surface area contributed by atoms with Crippen LogP contribution in [0.15, 0.2) is 53.9 Å². The molecule has 0 spiro atoms. The Bertz CT molecular complexity index is 1120. The zero-order valence-corrected chi connectivity index (χ0v) is 15.6. The molecule has 27 heavy (non-hydrogen) atoms. The van der Waals surface area contributed by atoms with Gasteiger partial charge >= 0.3 is 0 Å². The van der Waals surface area contributed by atoms with Crippen molar-refractivity contribution in [1.29, 1.82) is 0 Å². The van der Waals surface area contributed by atoms with Gasteiger partial charge in [0, 0.05) is 25.0 Å². The lowest BCUT2D eigenvalue weighted by Crippen LogP contribution is -2.15. The highest BCUT2D eigenvalue weighted by Crippen LogP contribution is 2.28. The second-order valence-electron chi connectivity index (χ2n) is 6.02. The fourth-order valence-corrected chi connectivity index (χ4v) is 3.41. The molecule has 0 unspecified atom stereocenters. The largest absolute Gasteiger partial charge is 0.325 e. The zero-order valence-electron chi connectivity index (χ0n) is 14.8. The molecule has 0 atom stereocenters. The first-order chi connectivity index (χ1) is 13.1. The van der Waals surface area contributed by atoms with E-state index in [2.05, 4.69) is 20.8 Å². The summed E-state index contributed by atoms with van der Waals surface area (Å²) in [7, 11) is 1.74. The van der Waals surface area contributed by atoms with Crippen molar-refractivity contribution in [2.45, 2.75) is 12.1 Å². The predicted molar refractivity (Wildman–Crippen MR) is 104 cm³/mol.